The number of benzene rings is 1. The Morgan fingerprint density at radius 2 is 1.76 bits per heavy atom. The highest BCUT2D eigenvalue weighted by atomic mass is 19.1. The second kappa shape index (κ2) is 7.41. The summed E-state index contributed by atoms with van der Waals surface area (Å²) in [4.78, 5) is 2.29. The van der Waals surface area contributed by atoms with Crippen LogP contribution in [0.1, 0.15) is 25.8 Å². The molecule has 96 valence electrons. The number of aliphatic hydroxyl groups is 1. The van der Waals surface area contributed by atoms with Gasteiger partial charge >= 0.3 is 0 Å². The van der Waals surface area contributed by atoms with Gasteiger partial charge in [0.2, 0.25) is 0 Å². The van der Waals surface area contributed by atoms with E-state index in [9.17, 15) is 9.50 Å². The van der Waals surface area contributed by atoms with E-state index in [4.69, 9.17) is 0 Å². The second-order valence-electron chi connectivity index (χ2n) is 4.30. The lowest BCUT2D eigenvalue weighted by Gasteiger charge is -2.20. The van der Waals surface area contributed by atoms with Gasteiger partial charge in [-0.15, -0.1) is 0 Å². The molecule has 3 heteroatoms. The van der Waals surface area contributed by atoms with Crippen LogP contribution < -0.4 is 0 Å². The molecule has 1 aromatic carbocycles. The summed E-state index contributed by atoms with van der Waals surface area (Å²) < 4.78 is 12.7. The lowest BCUT2D eigenvalue weighted by molar-refractivity contribution is 0.143. The predicted molar refractivity (Wildman–Crippen MR) is 68.5 cm³/mol. The summed E-state index contributed by atoms with van der Waals surface area (Å²) in [6.07, 6.45) is 1.02. The number of halogens is 1. The molecule has 0 heterocycles. The Morgan fingerprint density at radius 1 is 1.18 bits per heavy atom. The Hall–Kier alpha value is -0.930. The summed E-state index contributed by atoms with van der Waals surface area (Å²) in [5.74, 6) is -0.230. The molecule has 2 nitrogen and oxygen atoms in total. The van der Waals surface area contributed by atoms with Crippen molar-refractivity contribution in [2.24, 2.45) is 0 Å². The first-order valence-electron chi connectivity index (χ1n) is 6.30. The van der Waals surface area contributed by atoms with Crippen molar-refractivity contribution in [2.75, 3.05) is 19.6 Å². The number of rotatable bonds is 7. The standard InChI is InChI=1S/C14H22FNO/c1-3-16(4-2)10-9-14(17)11-12-5-7-13(15)8-6-12/h5-8,14,17H,3-4,9-11H2,1-2H3. The molecule has 0 spiro atoms. The number of aliphatic hydroxyl groups excluding tert-OH is 1. The van der Waals surface area contributed by atoms with E-state index in [1.807, 2.05) is 0 Å². The average Bonchev–Trinajstić information content (AvgIpc) is 2.33. The van der Waals surface area contributed by atoms with E-state index in [1.54, 1.807) is 12.1 Å². The highest BCUT2D eigenvalue weighted by molar-refractivity contribution is 5.16. The summed E-state index contributed by atoms with van der Waals surface area (Å²) in [6, 6.07) is 6.34. The maximum atomic E-state index is 12.7. The van der Waals surface area contributed by atoms with Crippen LogP contribution in [0.5, 0.6) is 0 Å². The molecule has 1 aromatic rings. The van der Waals surface area contributed by atoms with Gasteiger partial charge in [0, 0.05) is 6.54 Å². The lowest BCUT2D eigenvalue weighted by atomic mass is 10.1. The molecule has 0 aromatic heterocycles. The Balaban J connectivity index is 2.34. The van der Waals surface area contributed by atoms with Crippen LogP contribution in [0.4, 0.5) is 4.39 Å². The molecule has 0 aliphatic carbocycles. The molecule has 0 saturated heterocycles. The minimum atomic E-state index is -0.346. The highest BCUT2D eigenvalue weighted by Crippen LogP contribution is 2.08. The molecule has 0 fully saturated rings. The van der Waals surface area contributed by atoms with E-state index in [0.717, 1.165) is 31.6 Å². The second-order valence-corrected chi connectivity index (χ2v) is 4.30. The molecular formula is C14H22FNO. The Bertz CT molecular complexity index is 309. The maximum Gasteiger partial charge on any atom is 0.123 e. The molecule has 0 aliphatic heterocycles. The van der Waals surface area contributed by atoms with Crippen molar-refractivity contribution < 1.29 is 9.50 Å². The fourth-order valence-corrected chi connectivity index (χ4v) is 1.87. The summed E-state index contributed by atoms with van der Waals surface area (Å²) in [6.45, 7) is 7.18. The minimum absolute atomic E-state index is 0.230. The molecule has 0 bridgehead atoms. The maximum absolute atomic E-state index is 12.7. The van der Waals surface area contributed by atoms with Crippen LogP contribution in [-0.4, -0.2) is 35.7 Å². The third-order valence-electron chi connectivity index (χ3n) is 3.06. The van der Waals surface area contributed by atoms with Crippen molar-refractivity contribution >= 4 is 0 Å². The molecule has 0 amide bonds. The molecule has 17 heavy (non-hydrogen) atoms. The molecule has 0 radical (unpaired) electrons. The predicted octanol–water partition coefficient (Wildman–Crippen LogP) is 2.46. The van der Waals surface area contributed by atoms with Crippen LogP contribution in [0.15, 0.2) is 24.3 Å². The Labute approximate surface area is 103 Å². The quantitative estimate of drug-likeness (QED) is 0.790. The van der Waals surface area contributed by atoms with Crippen molar-refractivity contribution in [3.63, 3.8) is 0 Å². The zero-order chi connectivity index (χ0) is 12.7. The topological polar surface area (TPSA) is 23.5 Å². The first-order chi connectivity index (χ1) is 8.15. The van der Waals surface area contributed by atoms with Gasteiger partial charge in [0.25, 0.3) is 0 Å². The van der Waals surface area contributed by atoms with Crippen LogP contribution in [0, 0.1) is 5.82 Å². The zero-order valence-electron chi connectivity index (χ0n) is 10.7. The van der Waals surface area contributed by atoms with E-state index < -0.39 is 0 Å². The first kappa shape index (κ1) is 14.1. The van der Waals surface area contributed by atoms with E-state index >= 15 is 0 Å². The van der Waals surface area contributed by atoms with E-state index in [-0.39, 0.29) is 11.9 Å². The largest absolute Gasteiger partial charge is 0.393 e. The molecule has 1 rings (SSSR count). The highest BCUT2D eigenvalue weighted by Gasteiger charge is 2.08. The van der Waals surface area contributed by atoms with Gasteiger partial charge in [-0.05, 0) is 43.6 Å². The van der Waals surface area contributed by atoms with Crippen LogP contribution in [0.2, 0.25) is 0 Å². The molecule has 0 aliphatic rings. The van der Waals surface area contributed by atoms with Gasteiger partial charge in [-0.3, -0.25) is 0 Å². The van der Waals surface area contributed by atoms with Gasteiger partial charge in [-0.2, -0.15) is 0 Å². The van der Waals surface area contributed by atoms with Crippen LogP contribution in [0.25, 0.3) is 0 Å². The van der Waals surface area contributed by atoms with Gasteiger partial charge in [-0.25, -0.2) is 4.39 Å². The normalized spacial score (nSPS) is 13.0. The third kappa shape index (κ3) is 5.29. The number of hydrogen-bond donors (Lipinski definition) is 1. The first-order valence-corrected chi connectivity index (χ1v) is 6.30. The average molecular weight is 239 g/mol. The lowest BCUT2D eigenvalue weighted by Crippen LogP contribution is -2.27. The molecule has 1 atom stereocenters. The van der Waals surface area contributed by atoms with E-state index in [1.165, 1.54) is 12.1 Å². The fraction of sp³-hybridized carbons (Fsp3) is 0.571. The minimum Gasteiger partial charge on any atom is -0.393 e. The van der Waals surface area contributed by atoms with Crippen molar-refractivity contribution in [3.05, 3.63) is 35.6 Å². The SMILES string of the molecule is CCN(CC)CCC(O)Cc1ccc(F)cc1. The third-order valence-corrected chi connectivity index (χ3v) is 3.06. The van der Waals surface area contributed by atoms with Crippen molar-refractivity contribution in [1.29, 1.82) is 0 Å². The fourth-order valence-electron chi connectivity index (χ4n) is 1.87. The van der Waals surface area contributed by atoms with Crippen molar-refractivity contribution in [1.82, 2.24) is 4.90 Å². The van der Waals surface area contributed by atoms with Crippen LogP contribution in [0.3, 0.4) is 0 Å². The van der Waals surface area contributed by atoms with Crippen molar-refractivity contribution in [3.8, 4) is 0 Å². The molecule has 1 N–H and O–H groups in total. The van der Waals surface area contributed by atoms with Crippen LogP contribution >= 0.6 is 0 Å². The van der Waals surface area contributed by atoms with Gasteiger partial charge in [0.05, 0.1) is 6.10 Å². The van der Waals surface area contributed by atoms with Gasteiger partial charge < -0.3 is 10.0 Å². The van der Waals surface area contributed by atoms with E-state index in [2.05, 4.69) is 18.7 Å². The number of hydrogen-bond acceptors (Lipinski definition) is 2. The van der Waals surface area contributed by atoms with Gasteiger partial charge in [-0.1, -0.05) is 26.0 Å². The summed E-state index contributed by atoms with van der Waals surface area (Å²) in [5.41, 5.74) is 0.985. The summed E-state index contributed by atoms with van der Waals surface area (Å²) in [7, 11) is 0. The van der Waals surface area contributed by atoms with E-state index in [0.29, 0.717) is 6.42 Å². The molecule has 1 unspecified atom stereocenters. The smallest absolute Gasteiger partial charge is 0.123 e. The molecular weight excluding hydrogens is 217 g/mol. The Morgan fingerprint density at radius 3 is 2.29 bits per heavy atom. The summed E-state index contributed by atoms with van der Waals surface area (Å²) in [5, 5.41) is 9.89. The monoisotopic (exact) mass is 239 g/mol. The summed E-state index contributed by atoms with van der Waals surface area (Å²) >= 11 is 0. The van der Waals surface area contributed by atoms with Crippen LogP contribution in [-0.2, 0) is 6.42 Å². The molecule has 0 saturated carbocycles. The van der Waals surface area contributed by atoms with Gasteiger partial charge in [0.1, 0.15) is 5.82 Å². The zero-order valence-corrected chi connectivity index (χ0v) is 10.7. The van der Waals surface area contributed by atoms with Crippen molar-refractivity contribution in [2.45, 2.75) is 32.8 Å². The Kier molecular flexibility index (Phi) is 6.16. The van der Waals surface area contributed by atoms with Gasteiger partial charge in [0.15, 0.2) is 0 Å². The number of nitrogens with zero attached hydrogens (tertiary/aromatic N) is 1.